The smallest absolute Gasteiger partial charge is 0.334 e. The van der Waals surface area contributed by atoms with Crippen LogP contribution in [0.4, 0.5) is 23.2 Å². The van der Waals surface area contributed by atoms with Gasteiger partial charge in [0.25, 0.3) is 0 Å². The summed E-state index contributed by atoms with van der Waals surface area (Å²) < 4.78 is 49.9. The Balaban J connectivity index is 2.67. The maximum Gasteiger partial charge on any atom is 0.449 e. The van der Waals surface area contributed by atoms with Crippen molar-refractivity contribution < 1.29 is 22.5 Å². The molecule has 0 bridgehead atoms. The molecular formula is C8H3F4N3O2. The molecular weight excluding hydrogens is 246 g/mol. The summed E-state index contributed by atoms with van der Waals surface area (Å²) in [6, 6.07) is 1.26. The molecule has 0 radical (unpaired) electrons. The fourth-order valence-electron chi connectivity index (χ4n) is 1.29. The highest BCUT2D eigenvalue weighted by atomic mass is 19.4. The van der Waals surface area contributed by atoms with Crippen LogP contribution in [0.1, 0.15) is 5.82 Å². The molecule has 9 heteroatoms. The number of nitrogens with zero attached hydrogens (tertiary/aromatic N) is 2. The molecule has 0 aliphatic carbocycles. The first-order valence-corrected chi connectivity index (χ1v) is 4.20. The number of halogens is 4. The van der Waals surface area contributed by atoms with Gasteiger partial charge < -0.3 is 4.98 Å². The number of nitrogens with one attached hydrogen (secondary N) is 1. The third-order valence-electron chi connectivity index (χ3n) is 2.02. The molecule has 90 valence electrons. The fourth-order valence-corrected chi connectivity index (χ4v) is 1.29. The first-order valence-electron chi connectivity index (χ1n) is 4.20. The molecule has 2 aromatic rings. The first kappa shape index (κ1) is 11.3. The number of fused-ring (bicyclic) bond motifs is 1. The summed E-state index contributed by atoms with van der Waals surface area (Å²) in [6.07, 6.45) is -4.72. The van der Waals surface area contributed by atoms with Gasteiger partial charge in [-0.25, -0.2) is 4.98 Å². The van der Waals surface area contributed by atoms with Crippen LogP contribution in [-0.2, 0) is 6.18 Å². The number of H-pyrrole nitrogens is 1. The lowest BCUT2D eigenvalue weighted by Gasteiger charge is -1.98. The number of aromatic nitrogens is 2. The highest BCUT2D eigenvalue weighted by Gasteiger charge is 2.35. The van der Waals surface area contributed by atoms with Crippen molar-refractivity contribution in [2.75, 3.05) is 0 Å². The van der Waals surface area contributed by atoms with E-state index < -0.39 is 28.4 Å². The number of nitro benzene ring substituents is 1. The van der Waals surface area contributed by atoms with Crippen molar-refractivity contribution >= 4 is 16.7 Å². The lowest BCUT2D eigenvalue weighted by Crippen LogP contribution is -2.06. The largest absolute Gasteiger partial charge is 0.449 e. The lowest BCUT2D eigenvalue weighted by molar-refractivity contribution is -0.387. The quantitative estimate of drug-likeness (QED) is 0.479. The molecule has 5 nitrogen and oxygen atoms in total. The van der Waals surface area contributed by atoms with Gasteiger partial charge in [-0.15, -0.1) is 0 Å². The van der Waals surface area contributed by atoms with E-state index >= 15 is 0 Å². The normalized spacial score (nSPS) is 12.0. The molecule has 0 aliphatic rings. The predicted octanol–water partition coefficient (Wildman–Crippen LogP) is 2.63. The van der Waals surface area contributed by atoms with Crippen LogP contribution in [0.5, 0.6) is 0 Å². The summed E-state index contributed by atoms with van der Waals surface area (Å²) in [5, 5.41) is 10.4. The van der Waals surface area contributed by atoms with Gasteiger partial charge in [0.05, 0.1) is 16.0 Å². The van der Waals surface area contributed by atoms with Gasteiger partial charge in [0, 0.05) is 12.1 Å². The third kappa shape index (κ3) is 1.90. The molecule has 0 amide bonds. The Morgan fingerprint density at radius 3 is 2.53 bits per heavy atom. The van der Waals surface area contributed by atoms with Crippen molar-refractivity contribution in [1.82, 2.24) is 9.97 Å². The van der Waals surface area contributed by atoms with E-state index in [-0.39, 0.29) is 11.0 Å². The van der Waals surface area contributed by atoms with Gasteiger partial charge in [0.2, 0.25) is 11.6 Å². The van der Waals surface area contributed by atoms with Crippen molar-refractivity contribution in [2.24, 2.45) is 0 Å². The Bertz CT molecular complexity index is 605. The zero-order valence-corrected chi connectivity index (χ0v) is 7.88. The average Bonchev–Trinajstić information content (AvgIpc) is 2.58. The van der Waals surface area contributed by atoms with Crippen molar-refractivity contribution in [1.29, 1.82) is 0 Å². The van der Waals surface area contributed by atoms with Crippen LogP contribution in [0.15, 0.2) is 12.1 Å². The zero-order chi connectivity index (χ0) is 12.8. The van der Waals surface area contributed by atoms with Crippen molar-refractivity contribution in [3.8, 4) is 0 Å². The van der Waals surface area contributed by atoms with Gasteiger partial charge in [0.1, 0.15) is 0 Å². The molecule has 0 fully saturated rings. The Morgan fingerprint density at radius 1 is 1.35 bits per heavy atom. The topological polar surface area (TPSA) is 71.8 Å². The number of benzene rings is 1. The highest BCUT2D eigenvalue weighted by Crippen LogP contribution is 2.30. The van der Waals surface area contributed by atoms with Crippen molar-refractivity contribution in [3.63, 3.8) is 0 Å². The molecule has 1 aromatic heterocycles. The second-order valence-corrected chi connectivity index (χ2v) is 3.16. The van der Waals surface area contributed by atoms with Crippen molar-refractivity contribution in [3.05, 3.63) is 33.9 Å². The van der Waals surface area contributed by atoms with E-state index in [1.54, 1.807) is 0 Å². The van der Waals surface area contributed by atoms with E-state index in [9.17, 15) is 27.7 Å². The Kier molecular flexibility index (Phi) is 2.26. The van der Waals surface area contributed by atoms with Crippen LogP contribution < -0.4 is 0 Å². The molecule has 0 atom stereocenters. The van der Waals surface area contributed by atoms with Crippen LogP contribution in [0.3, 0.4) is 0 Å². The highest BCUT2D eigenvalue weighted by molar-refractivity contribution is 5.78. The predicted molar refractivity (Wildman–Crippen MR) is 47.7 cm³/mol. The van der Waals surface area contributed by atoms with Gasteiger partial charge in [-0.3, -0.25) is 10.1 Å². The summed E-state index contributed by atoms with van der Waals surface area (Å²) in [4.78, 5) is 14.3. The molecule has 0 saturated carbocycles. The second-order valence-electron chi connectivity index (χ2n) is 3.16. The Morgan fingerprint density at radius 2 is 2.00 bits per heavy atom. The number of aromatic amines is 1. The van der Waals surface area contributed by atoms with Crippen molar-refractivity contribution in [2.45, 2.75) is 6.18 Å². The van der Waals surface area contributed by atoms with Gasteiger partial charge in [-0.1, -0.05) is 0 Å². The van der Waals surface area contributed by atoms with E-state index in [4.69, 9.17) is 0 Å². The number of alkyl halides is 3. The average molecular weight is 249 g/mol. The molecule has 2 rings (SSSR count). The number of hydrogen-bond acceptors (Lipinski definition) is 3. The minimum absolute atomic E-state index is 0.250. The number of rotatable bonds is 1. The van der Waals surface area contributed by atoms with E-state index in [1.165, 1.54) is 0 Å². The second kappa shape index (κ2) is 3.40. The first-order chi connectivity index (χ1) is 7.79. The number of hydrogen-bond donors (Lipinski definition) is 1. The summed E-state index contributed by atoms with van der Waals surface area (Å²) in [5.41, 5.74) is -1.48. The number of nitro groups is 1. The monoisotopic (exact) mass is 249 g/mol. The van der Waals surface area contributed by atoms with Crippen LogP contribution in [0.2, 0.25) is 0 Å². The molecule has 1 N–H and O–H groups in total. The van der Waals surface area contributed by atoms with Crippen LogP contribution in [0.25, 0.3) is 11.0 Å². The van der Waals surface area contributed by atoms with Crippen LogP contribution in [-0.4, -0.2) is 14.9 Å². The molecule has 0 aliphatic heterocycles. The van der Waals surface area contributed by atoms with E-state index in [2.05, 4.69) is 4.98 Å². The summed E-state index contributed by atoms with van der Waals surface area (Å²) in [5.74, 6) is -2.55. The number of imidazole rings is 1. The standard InChI is InChI=1S/C8H3F4N3O2/c9-3-1-4-5(2-6(3)15(16)17)14-7(13-4)8(10,11)12/h1-2H,(H,13,14). The van der Waals surface area contributed by atoms with Gasteiger partial charge in [0.15, 0.2) is 0 Å². The Labute approximate surface area is 90.2 Å². The van der Waals surface area contributed by atoms with E-state index in [1.807, 2.05) is 4.98 Å². The molecule has 1 heterocycles. The van der Waals surface area contributed by atoms with Gasteiger partial charge >= 0.3 is 11.9 Å². The van der Waals surface area contributed by atoms with E-state index in [0.29, 0.717) is 12.1 Å². The molecule has 0 spiro atoms. The zero-order valence-electron chi connectivity index (χ0n) is 7.88. The lowest BCUT2D eigenvalue weighted by atomic mass is 10.2. The van der Waals surface area contributed by atoms with E-state index in [0.717, 1.165) is 0 Å². The fraction of sp³-hybridized carbons (Fsp3) is 0.125. The minimum atomic E-state index is -4.72. The SMILES string of the molecule is O=[N+]([O-])c1cc2nc(C(F)(F)F)[nH]c2cc1F. The third-order valence-corrected chi connectivity index (χ3v) is 2.02. The minimum Gasteiger partial charge on any atom is -0.334 e. The van der Waals surface area contributed by atoms with Crippen LogP contribution >= 0.6 is 0 Å². The summed E-state index contributed by atoms with van der Waals surface area (Å²) in [6.45, 7) is 0. The molecule has 0 saturated heterocycles. The van der Waals surface area contributed by atoms with Gasteiger partial charge in [-0.2, -0.15) is 17.6 Å². The molecule has 17 heavy (non-hydrogen) atoms. The molecule has 1 aromatic carbocycles. The van der Waals surface area contributed by atoms with Crippen LogP contribution in [0, 0.1) is 15.9 Å². The summed E-state index contributed by atoms with van der Waals surface area (Å²) >= 11 is 0. The molecule has 0 unspecified atom stereocenters. The summed E-state index contributed by atoms with van der Waals surface area (Å²) in [7, 11) is 0. The maximum absolute atomic E-state index is 13.1. The Hall–Kier alpha value is -2.19. The van der Waals surface area contributed by atoms with Gasteiger partial charge in [-0.05, 0) is 0 Å². The maximum atomic E-state index is 13.1.